The summed E-state index contributed by atoms with van der Waals surface area (Å²) in [6, 6.07) is 11.5. The number of hydrogen-bond acceptors (Lipinski definition) is 16. The van der Waals surface area contributed by atoms with E-state index in [1.54, 1.807) is 39.8 Å². The summed E-state index contributed by atoms with van der Waals surface area (Å²) in [5.74, 6) is -3.41. The second kappa shape index (κ2) is 23.1. The Hall–Kier alpha value is -7.22. The summed E-state index contributed by atoms with van der Waals surface area (Å²) >= 11 is 0. The molecule has 0 fully saturated rings. The number of aromatic hydroxyl groups is 2. The first-order valence-electron chi connectivity index (χ1n) is 18.6. The summed E-state index contributed by atoms with van der Waals surface area (Å²) in [6.45, 7) is 11.9. The number of carboxylic acids is 2. The molecule has 0 spiro atoms. The molecule has 0 saturated heterocycles. The molecular formula is C42H46Cl2N6O13. The number of ether oxygens (including phenoxy) is 4. The summed E-state index contributed by atoms with van der Waals surface area (Å²) in [4.78, 5) is 65.2. The fourth-order valence-corrected chi connectivity index (χ4v) is 5.84. The highest BCUT2D eigenvalue weighted by molar-refractivity contribution is 6.07. The molecule has 0 aliphatic carbocycles. The highest BCUT2D eigenvalue weighted by Gasteiger charge is 2.22. The second-order valence-electron chi connectivity index (χ2n) is 12.6. The predicted molar refractivity (Wildman–Crippen MR) is 238 cm³/mol. The number of aryl methyl sites for hydroxylation is 2. The number of carboxylic acid groups (broad SMARTS) is 2. The van der Waals surface area contributed by atoms with Crippen molar-refractivity contribution in [1.82, 2.24) is 19.9 Å². The monoisotopic (exact) mass is 912 g/mol. The average molecular weight is 914 g/mol. The van der Waals surface area contributed by atoms with Crippen LogP contribution in [-0.2, 0) is 9.47 Å². The topological polar surface area (TPSA) is 293 Å². The van der Waals surface area contributed by atoms with Gasteiger partial charge in [-0.05, 0) is 90.1 Å². The van der Waals surface area contributed by atoms with E-state index in [1.165, 1.54) is 48.8 Å². The third kappa shape index (κ3) is 12.0. The van der Waals surface area contributed by atoms with Crippen LogP contribution < -0.4 is 20.1 Å². The smallest absolute Gasteiger partial charge is 0.341 e. The lowest BCUT2D eigenvalue weighted by Crippen LogP contribution is -2.10. The molecule has 2 aromatic carbocycles. The minimum atomic E-state index is -1.28. The molecule has 21 heteroatoms. The molecule has 4 heterocycles. The van der Waals surface area contributed by atoms with Crippen LogP contribution in [0.3, 0.4) is 0 Å². The molecule has 0 aliphatic rings. The van der Waals surface area contributed by atoms with Crippen molar-refractivity contribution in [1.29, 1.82) is 0 Å². The number of nitrogens with zero attached hydrogens (tertiary/aromatic N) is 4. The molecule has 8 N–H and O–H groups in total. The number of rotatable bonds is 14. The van der Waals surface area contributed by atoms with Gasteiger partial charge in [0.15, 0.2) is 11.3 Å². The van der Waals surface area contributed by atoms with Gasteiger partial charge in [0.05, 0.1) is 49.2 Å². The number of benzene rings is 2. The van der Waals surface area contributed by atoms with E-state index in [0.717, 1.165) is 0 Å². The molecule has 6 aromatic rings. The van der Waals surface area contributed by atoms with Gasteiger partial charge < -0.3 is 55.5 Å². The van der Waals surface area contributed by atoms with E-state index in [4.69, 9.17) is 18.9 Å². The number of phenols is 2. The second-order valence-corrected chi connectivity index (χ2v) is 12.6. The van der Waals surface area contributed by atoms with E-state index in [2.05, 4.69) is 30.6 Å². The minimum Gasteiger partial charge on any atom is -0.507 e. The number of aromatic nitrogens is 4. The summed E-state index contributed by atoms with van der Waals surface area (Å²) in [6.07, 6.45) is 2.71. The number of pyridine rings is 4. The molecular weight excluding hydrogens is 867 g/mol. The van der Waals surface area contributed by atoms with Gasteiger partial charge in [-0.2, -0.15) is 0 Å². The summed E-state index contributed by atoms with van der Waals surface area (Å²) in [5, 5.41) is 45.2. The quantitative estimate of drug-likeness (QED) is 0.0460. The van der Waals surface area contributed by atoms with Gasteiger partial charge in [0, 0.05) is 34.5 Å². The van der Waals surface area contributed by atoms with Gasteiger partial charge in [0.1, 0.15) is 45.3 Å². The van der Waals surface area contributed by atoms with E-state index in [1.807, 2.05) is 13.8 Å². The SMILES string of the molecule is CCOC(=O)c1cnc2nc(C)c(OCC)cc2c1Nc1ccc(O)c(C(=O)O)c1.CCOC(=O)c1cnc2nc(C)c(OCC)cc2c1Nc1ccc(O)c(C(=O)O)c1.Cl.Cl.O. The maximum atomic E-state index is 12.5. The molecule has 6 rings (SSSR count). The Labute approximate surface area is 372 Å². The Bertz CT molecular complexity index is 2450. The Kier molecular flexibility index (Phi) is 19.1. The van der Waals surface area contributed by atoms with Crippen LogP contribution in [0, 0.1) is 13.8 Å². The van der Waals surface area contributed by atoms with Crippen LogP contribution in [0.1, 0.15) is 80.5 Å². The minimum absolute atomic E-state index is 0. The Morgan fingerprint density at radius 2 is 0.937 bits per heavy atom. The molecule has 0 radical (unpaired) electrons. The zero-order chi connectivity index (χ0) is 43.7. The summed E-state index contributed by atoms with van der Waals surface area (Å²) in [5.41, 5.74) is 3.18. The van der Waals surface area contributed by atoms with Gasteiger partial charge in [-0.25, -0.2) is 39.1 Å². The van der Waals surface area contributed by atoms with Crippen LogP contribution in [0.15, 0.2) is 60.9 Å². The normalized spacial score (nSPS) is 10.1. The maximum absolute atomic E-state index is 12.5. The van der Waals surface area contributed by atoms with E-state index in [0.29, 0.717) is 80.9 Å². The third-order valence-electron chi connectivity index (χ3n) is 8.59. The summed E-state index contributed by atoms with van der Waals surface area (Å²) in [7, 11) is 0. The van der Waals surface area contributed by atoms with E-state index in [9.17, 15) is 39.6 Å². The first-order valence-corrected chi connectivity index (χ1v) is 18.6. The lowest BCUT2D eigenvalue weighted by atomic mass is 10.1. The first-order chi connectivity index (χ1) is 28.7. The Morgan fingerprint density at radius 3 is 1.25 bits per heavy atom. The van der Waals surface area contributed by atoms with Crippen molar-refractivity contribution in [3.05, 3.63) is 94.6 Å². The fraction of sp³-hybridized carbons (Fsp3) is 0.238. The molecule has 19 nitrogen and oxygen atoms in total. The van der Waals surface area contributed by atoms with E-state index >= 15 is 0 Å². The predicted octanol–water partition coefficient (Wildman–Crippen LogP) is 7.34. The van der Waals surface area contributed by atoms with Crippen molar-refractivity contribution in [3.8, 4) is 23.0 Å². The van der Waals surface area contributed by atoms with Crippen molar-refractivity contribution in [3.63, 3.8) is 0 Å². The van der Waals surface area contributed by atoms with Gasteiger partial charge in [0.2, 0.25) is 0 Å². The highest BCUT2D eigenvalue weighted by atomic mass is 35.5. The van der Waals surface area contributed by atoms with Crippen molar-refractivity contribution in [2.75, 3.05) is 37.1 Å². The Morgan fingerprint density at radius 1 is 0.571 bits per heavy atom. The van der Waals surface area contributed by atoms with Gasteiger partial charge in [-0.1, -0.05) is 0 Å². The van der Waals surface area contributed by atoms with Gasteiger partial charge in [0.25, 0.3) is 0 Å². The van der Waals surface area contributed by atoms with Crippen molar-refractivity contribution in [2.24, 2.45) is 0 Å². The molecule has 0 atom stereocenters. The van der Waals surface area contributed by atoms with Crippen LogP contribution in [0.25, 0.3) is 22.1 Å². The van der Waals surface area contributed by atoms with Crippen molar-refractivity contribution in [2.45, 2.75) is 41.5 Å². The standard InChI is InChI=1S/2C21H21N3O6.2ClH.H2O/c2*1-4-29-17-9-14-18(24-12-6-7-16(25)13(8-12)20(26)27)15(21(28)30-5-2)10-22-19(14)23-11(17)3;;;/h2*6-10,25H,4-5H2,1-3H3,(H,26,27)(H,22,23,24);2*1H;1H2. The zero-order valence-electron chi connectivity index (χ0n) is 34.8. The van der Waals surface area contributed by atoms with Gasteiger partial charge in [-0.15, -0.1) is 24.8 Å². The molecule has 0 aliphatic heterocycles. The first kappa shape index (κ1) is 51.9. The van der Waals surface area contributed by atoms with E-state index in [-0.39, 0.29) is 77.3 Å². The number of carbonyl (C=O) groups is 4. The van der Waals surface area contributed by atoms with E-state index < -0.39 is 23.9 Å². The van der Waals surface area contributed by atoms with Gasteiger partial charge >= 0.3 is 23.9 Å². The number of halogens is 2. The number of anilines is 4. The third-order valence-corrected chi connectivity index (χ3v) is 8.59. The zero-order valence-corrected chi connectivity index (χ0v) is 36.4. The molecule has 0 unspecified atom stereocenters. The number of nitrogens with one attached hydrogen (secondary N) is 2. The number of aromatic carboxylic acids is 2. The van der Waals surface area contributed by atoms with Crippen molar-refractivity contribution >= 4 is 93.5 Å². The van der Waals surface area contributed by atoms with Crippen LogP contribution in [0.2, 0.25) is 0 Å². The number of esters is 2. The van der Waals surface area contributed by atoms with Gasteiger partial charge in [-0.3, -0.25) is 0 Å². The molecule has 0 bridgehead atoms. The largest absolute Gasteiger partial charge is 0.507 e. The fourth-order valence-electron chi connectivity index (χ4n) is 5.84. The molecule has 0 saturated carbocycles. The summed E-state index contributed by atoms with van der Waals surface area (Å²) < 4.78 is 21.5. The lowest BCUT2D eigenvalue weighted by molar-refractivity contribution is 0.0517. The highest BCUT2D eigenvalue weighted by Crippen LogP contribution is 2.35. The molecule has 0 amide bonds. The number of carbonyl (C=O) groups excluding carboxylic acids is 2. The molecule has 336 valence electrons. The molecule has 4 aromatic heterocycles. The number of hydrogen-bond donors (Lipinski definition) is 6. The maximum Gasteiger partial charge on any atom is 0.341 e. The average Bonchev–Trinajstić information content (AvgIpc) is 3.20. The van der Waals surface area contributed by atoms with Crippen LogP contribution in [0.5, 0.6) is 23.0 Å². The van der Waals surface area contributed by atoms with Crippen LogP contribution in [0.4, 0.5) is 22.7 Å². The van der Waals surface area contributed by atoms with Crippen LogP contribution >= 0.6 is 24.8 Å². The van der Waals surface area contributed by atoms with Crippen LogP contribution in [-0.4, -0.2) is 96.1 Å². The Balaban J connectivity index is 0.000000414. The number of fused-ring (bicyclic) bond motifs is 2. The lowest BCUT2D eigenvalue weighted by Gasteiger charge is -2.16. The molecule has 63 heavy (non-hydrogen) atoms. The van der Waals surface area contributed by atoms with Crippen molar-refractivity contribution < 1.29 is 64.0 Å².